The normalized spacial score (nSPS) is 14.4. The van der Waals surface area contributed by atoms with Crippen LogP contribution in [0.15, 0.2) is 66.2 Å². The van der Waals surface area contributed by atoms with E-state index in [0.717, 1.165) is 4.90 Å². The van der Waals surface area contributed by atoms with Gasteiger partial charge >= 0.3 is 5.97 Å². The van der Waals surface area contributed by atoms with Gasteiger partial charge in [-0.05, 0) is 78.8 Å². The summed E-state index contributed by atoms with van der Waals surface area (Å²) in [5.74, 6) is -2.59. The molecule has 1 fully saturated rings. The summed E-state index contributed by atoms with van der Waals surface area (Å²) in [5, 5.41) is 11.7. The predicted octanol–water partition coefficient (Wildman–Crippen LogP) is 4.99. The Hall–Kier alpha value is -4.28. The number of hydrogen-bond donors (Lipinski definition) is 2. The van der Waals surface area contributed by atoms with Crippen LogP contribution < -0.4 is 19.7 Å². The molecule has 2 N–H and O–H groups in total. The minimum Gasteiger partial charge on any atom is -0.490 e. The fourth-order valence-electron chi connectivity index (χ4n) is 3.69. The number of hydrogen-bond acceptors (Lipinski definition) is 6. The second-order valence-corrected chi connectivity index (χ2v) is 8.79. The smallest absolute Gasteiger partial charge is 0.335 e. The number of carboxylic acid groups (broad SMARTS) is 1. The first-order chi connectivity index (χ1) is 18.2. The Labute approximate surface area is 227 Å². The van der Waals surface area contributed by atoms with Crippen molar-refractivity contribution in [1.82, 2.24) is 5.32 Å². The Balaban J connectivity index is 1.67. The van der Waals surface area contributed by atoms with Gasteiger partial charge < -0.3 is 14.6 Å². The fourth-order valence-corrected chi connectivity index (χ4v) is 4.25. The Morgan fingerprint density at radius 3 is 2.61 bits per heavy atom. The molecule has 0 saturated carbocycles. The highest BCUT2D eigenvalue weighted by Crippen LogP contribution is 2.38. The highest BCUT2D eigenvalue weighted by molar-refractivity contribution is 7.80. The van der Waals surface area contributed by atoms with Gasteiger partial charge in [-0.1, -0.05) is 29.8 Å². The molecule has 0 atom stereocenters. The van der Waals surface area contributed by atoms with E-state index >= 15 is 0 Å². The molecule has 0 aliphatic carbocycles. The van der Waals surface area contributed by atoms with Crippen molar-refractivity contribution in [2.45, 2.75) is 13.5 Å². The molecule has 4 rings (SSSR count). The van der Waals surface area contributed by atoms with E-state index in [2.05, 4.69) is 5.32 Å². The number of nitrogens with zero attached hydrogens (tertiary/aromatic N) is 1. The van der Waals surface area contributed by atoms with Crippen LogP contribution in [0.25, 0.3) is 6.08 Å². The Morgan fingerprint density at radius 2 is 1.89 bits per heavy atom. The summed E-state index contributed by atoms with van der Waals surface area (Å²) in [6.45, 7) is 2.06. The number of carbonyl (C=O) groups is 3. The van der Waals surface area contributed by atoms with Crippen molar-refractivity contribution >= 4 is 58.5 Å². The maximum Gasteiger partial charge on any atom is 0.335 e. The van der Waals surface area contributed by atoms with Gasteiger partial charge in [0.15, 0.2) is 16.6 Å². The molecule has 8 nitrogen and oxygen atoms in total. The molecule has 3 aromatic rings. The zero-order valence-electron chi connectivity index (χ0n) is 19.9. The highest BCUT2D eigenvalue weighted by Gasteiger charge is 2.35. The number of nitrogens with one attached hydrogen (secondary N) is 1. The summed E-state index contributed by atoms with van der Waals surface area (Å²) in [7, 11) is 0. The van der Waals surface area contributed by atoms with Crippen molar-refractivity contribution in [3.05, 3.63) is 93.8 Å². The van der Waals surface area contributed by atoms with Crippen molar-refractivity contribution < 1.29 is 33.4 Å². The fraction of sp³-hybridized carbons (Fsp3) is 0.111. The first-order valence-corrected chi connectivity index (χ1v) is 12.0. The van der Waals surface area contributed by atoms with E-state index in [0.29, 0.717) is 11.1 Å². The molecule has 0 aromatic heterocycles. The molecule has 2 amide bonds. The van der Waals surface area contributed by atoms with E-state index in [4.69, 9.17) is 33.3 Å². The van der Waals surface area contributed by atoms with Crippen LogP contribution in [0.2, 0.25) is 5.02 Å². The molecule has 11 heteroatoms. The summed E-state index contributed by atoms with van der Waals surface area (Å²) in [5.41, 5.74) is 0.818. The summed E-state index contributed by atoms with van der Waals surface area (Å²) in [6, 6.07) is 14.6. The summed E-state index contributed by atoms with van der Waals surface area (Å²) >= 11 is 11.7. The topological polar surface area (TPSA) is 105 Å². The van der Waals surface area contributed by atoms with Gasteiger partial charge in [-0.3, -0.25) is 19.8 Å². The molecular formula is C27H20ClFN2O6S. The van der Waals surface area contributed by atoms with E-state index in [1.807, 2.05) is 0 Å². The standard InChI is InChI=1S/C27H20ClFN2O6S/c1-2-36-22-12-16(11-21(28)23(22)37-14-15-5-3-7-18(29)9-15)10-20-24(32)30-27(38)31(25(20)33)19-8-4-6-17(13-19)26(34)35/h3-13H,2,14H2,1H3,(H,34,35)(H,30,32,38). The number of carboxylic acids is 1. The second kappa shape index (κ2) is 11.4. The van der Waals surface area contributed by atoms with E-state index in [-0.39, 0.29) is 51.7 Å². The number of ether oxygens (including phenoxy) is 2. The van der Waals surface area contributed by atoms with E-state index < -0.39 is 23.6 Å². The molecule has 3 aromatic carbocycles. The average molecular weight is 555 g/mol. The third-order valence-corrected chi connectivity index (χ3v) is 5.93. The molecule has 0 bridgehead atoms. The lowest BCUT2D eigenvalue weighted by Gasteiger charge is -2.29. The number of thiocarbonyl (C=S) groups is 1. The maximum absolute atomic E-state index is 13.5. The predicted molar refractivity (Wildman–Crippen MR) is 143 cm³/mol. The molecule has 194 valence electrons. The van der Waals surface area contributed by atoms with Gasteiger partial charge in [0.2, 0.25) is 0 Å². The largest absolute Gasteiger partial charge is 0.490 e. The highest BCUT2D eigenvalue weighted by atomic mass is 35.5. The molecule has 1 heterocycles. The van der Waals surface area contributed by atoms with Gasteiger partial charge in [0.05, 0.1) is 22.9 Å². The van der Waals surface area contributed by atoms with Crippen LogP contribution in [-0.2, 0) is 16.2 Å². The second-order valence-electron chi connectivity index (χ2n) is 7.99. The lowest BCUT2D eigenvalue weighted by molar-refractivity contribution is -0.122. The van der Waals surface area contributed by atoms with Gasteiger partial charge in [0, 0.05) is 0 Å². The minimum absolute atomic E-state index is 0.0285. The van der Waals surface area contributed by atoms with Crippen LogP contribution in [0.1, 0.15) is 28.4 Å². The van der Waals surface area contributed by atoms with Crippen molar-refractivity contribution in [3.63, 3.8) is 0 Å². The van der Waals surface area contributed by atoms with Crippen molar-refractivity contribution in [1.29, 1.82) is 0 Å². The first kappa shape index (κ1) is 26.8. The molecular weight excluding hydrogens is 535 g/mol. The van der Waals surface area contributed by atoms with Crippen LogP contribution in [0.3, 0.4) is 0 Å². The number of rotatable bonds is 8. The van der Waals surface area contributed by atoms with E-state index in [9.17, 15) is 23.9 Å². The van der Waals surface area contributed by atoms with Gasteiger partial charge in [-0.2, -0.15) is 0 Å². The number of benzene rings is 3. The summed E-state index contributed by atoms with van der Waals surface area (Å²) in [4.78, 5) is 38.4. The van der Waals surface area contributed by atoms with E-state index in [1.165, 1.54) is 48.5 Å². The molecule has 1 aliphatic rings. The van der Waals surface area contributed by atoms with Crippen LogP contribution in [0.5, 0.6) is 11.5 Å². The van der Waals surface area contributed by atoms with Gasteiger partial charge in [-0.25, -0.2) is 9.18 Å². The third-order valence-electron chi connectivity index (χ3n) is 5.37. The van der Waals surface area contributed by atoms with E-state index in [1.54, 1.807) is 25.1 Å². The number of amides is 2. The van der Waals surface area contributed by atoms with Crippen LogP contribution in [0, 0.1) is 5.82 Å². The maximum atomic E-state index is 13.5. The SMILES string of the molecule is CCOc1cc(C=C2C(=O)NC(=S)N(c3cccc(C(=O)O)c3)C2=O)cc(Cl)c1OCc1cccc(F)c1. The van der Waals surface area contributed by atoms with Crippen LogP contribution in [0.4, 0.5) is 10.1 Å². The number of carbonyl (C=O) groups excluding carboxylic acids is 2. The first-order valence-electron chi connectivity index (χ1n) is 11.3. The van der Waals surface area contributed by atoms with Gasteiger partial charge in [-0.15, -0.1) is 0 Å². The summed E-state index contributed by atoms with van der Waals surface area (Å²) in [6.07, 6.45) is 1.32. The van der Waals surface area contributed by atoms with Crippen molar-refractivity contribution in [2.75, 3.05) is 11.5 Å². The Bertz CT molecular complexity index is 1490. The molecule has 0 radical (unpaired) electrons. The number of halogens is 2. The monoisotopic (exact) mass is 554 g/mol. The number of anilines is 1. The Morgan fingerprint density at radius 1 is 1.13 bits per heavy atom. The van der Waals surface area contributed by atoms with Gasteiger partial charge in [0.25, 0.3) is 11.8 Å². The molecule has 1 aliphatic heterocycles. The Kier molecular flexibility index (Phi) is 8.04. The lowest BCUT2D eigenvalue weighted by Crippen LogP contribution is -2.54. The molecule has 0 unspecified atom stereocenters. The zero-order valence-corrected chi connectivity index (χ0v) is 21.4. The molecule has 0 spiro atoms. The van der Waals surface area contributed by atoms with Crippen LogP contribution >= 0.6 is 23.8 Å². The van der Waals surface area contributed by atoms with Gasteiger partial charge in [0.1, 0.15) is 18.0 Å². The van der Waals surface area contributed by atoms with Crippen LogP contribution in [-0.4, -0.2) is 34.6 Å². The minimum atomic E-state index is -1.18. The third kappa shape index (κ3) is 5.82. The average Bonchev–Trinajstić information content (AvgIpc) is 2.86. The lowest BCUT2D eigenvalue weighted by atomic mass is 10.1. The molecule has 1 saturated heterocycles. The number of aromatic carboxylic acids is 1. The summed E-state index contributed by atoms with van der Waals surface area (Å²) < 4.78 is 25.0. The molecule has 38 heavy (non-hydrogen) atoms. The van der Waals surface area contributed by atoms with Crippen molar-refractivity contribution in [3.8, 4) is 11.5 Å². The quantitative estimate of drug-likeness (QED) is 0.230. The van der Waals surface area contributed by atoms with Crippen molar-refractivity contribution in [2.24, 2.45) is 0 Å². The zero-order chi connectivity index (χ0) is 27.4.